The van der Waals surface area contributed by atoms with Crippen molar-refractivity contribution >= 4 is 39.9 Å². The standard InChI is InChI=1S/C20H20ClN5O4/c21-15-6-5-13(11-18(15)26(29)30)22-19(27)12-24-9-7-14(8-10-24)25-17-4-2-1-3-16(17)23-20(25)28/h1-6,11,14H,7-10,12H2,(H,22,27)(H,23,28). The van der Waals surface area contributed by atoms with Crippen LogP contribution in [0.2, 0.25) is 5.02 Å². The van der Waals surface area contributed by atoms with Gasteiger partial charge < -0.3 is 10.3 Å². The van der Waals surface area contributed by atoms with Crippen molar-refractivity contribution in [1.82, 2.24) is 14.5 Å². The number of halogens is 1. The molecule has 2 heterocycles. The van der Waals surface area contributed by atoms with Gasteiger partial charge in [-0.05, 0) is 37.1 Å². The number of aromatic amines is 1. The van der Waals surface area contributed by atoms with Crippen molar-refractivity contribution in [1.29, 1.82) is 0 Å². The second-order valence-corrected chi connectivity index (χ2v) is 7.70. The molecule has 9 nitrogen and oxygen atoms in total. The van der Waals surface area contributed by atoms with Crippen LogP contribution in [0.4, 0.5) is 11.4 Å². The first-order valence-corrected chi connectivity index (χ1v) is 9.95. The zero-order chi connectivity index (χ0) is 21.3. The molecule has 1 saturated heterocycles. The number of rotatable bonds is 5. The molecule has 1 aliphatic rings. The molecule has 2 N–H and O–H groups in total. The normalized spacial score (nSPS) is 15.4. The Balaban J connectivity index is 1.36. The summed E-state index contributed by atoms with van der Waals surface area (Å²) in [4.78, 5) is 40.0. The minimum atomic E-state index is -0.588. The van der Waals surface area contributed by atoms with Crippen molar-refractivity contribution in [2.45, 2.75) is 18.9 Å². The maximum Gasteiger partial charge on any atom is 0.326 e. The molecule has 1 fully saturated rings. The molecule has 0 unspecified atom stereocenters. The highest BCUT2D eigenvalue weighted by atomic mass is 35.5. The number of amides is 1. The fourth-order valence-corrected chi connectivity index (χ4v) is 4.09. The van der Waals surface area contributed by atoms with Crippen LogP contribution in [0.25, 0.3) is 11.0 Å². The number of anilines is 1. The summed E-state index contributed by atoms with van der Waals surface area (Å²) >= 11 is 5.80. The van der Waals surface area contributed by atoms with Crippen molar-refractivity contribution in [3.63, 3.8) is 0 Å². The molecule has 10 heteroatoms. The summed E-state index contributed by atoms with van der Waals surface area (Å²) in [6.07, 6.45) is 1.50. The van der Waals surface area contributed by atoms with Crippen LogP contribution < -0.4 is 11.0 Å². The van der Waals surface area contributed by atoms with Gasteiger partial charge in [-0.1, -0.05) is 23.7 Å². The maximum absolute atomic E-state index is 12.4. The molecule has 1 aromatic heterocycles. The molecule has 2 aromatic carbocycles. The quantitative estimate of drug-likeness (QED) is 0.477. The summed E-state index contributed by atoms with van der Waals surface area (Å²) < 4.78 is 1.81. The van der Waals surface area contributed by atoms with Gasteiger partial charge in [0.1, 0.15) is 5.02 Å². The predicted molar refractivity (Wildman–Crippen MR) is 114 cm³/mol. The van der Waals surface area contributed by atoms with E-state index in [0.717, 1.165) is 23.9 Å². The van der Waals surface area contributed by atoms with E-state index in [2.05, 4.69) is 10.3 Å². The highest BCUT2D eigenvalue weighted by molar-refractivity contribution is 6.32. The van der Waals surface area contributed by atoms with Crippen LogP contribution in [0, 0.1) is 10.1 Å². The Morgan fingerprint density at radius 2 is 1.97 bits per heavy atom. The van der Waals surface area contributed by atoms with Gasteiger partial charge in [-0.15, -0.1) is 0 Å². The van der Waals surface area contributed by atoms with Crippen LogP contribution in [-0.2, 0) is 4.79 Å². The summed E-state index contributed by atoms with van der Waals surface area (Å²) in [5.74, 6) is -0.255. The van der Waals surface area contributed by atoms with E-state index in [-0.39, 0.29) is 34.9 Å². The van der Waals surface area contributed by atoms with Crippen LogP contribution in [0.3, 0.4) is 0 Å². The first-order chi connectivity index (χ1) is 14.4. The topological polar surface area (TPSA) is 113 Å². The number of hydrogen-bond donors (Lipinski definition) is 2. The second kappa shape index (κ2) is 8.29. The van der Waals surface area contributed by atoms with Gasteiger partial charge >= 0.3 is 5.69 Å². The minimum absolute atomic E-state index is 0.0209. The summed E-state index contributed by atoms with van der Waals surface area (Å²) in [6.45, 7) is 1.52. The molecule has 1 aliphatic heterocycles. The fourth-order valence-electron chi connectivity index (χ4n) is 3.91. The molecule has 0 bridgehead atoms. The number of carbonyl (C=O) groups is 1. The molecule has 1 amide bonds. The van der Waals surface area contributed by atoms with Crippen LogP contribution in [0.1, 0.15) is 18.9 Å². The van der Waals surface area contributed by atoms with E-state index in [1.54, 1.807) is 4.57 Å². The highest BCUT2D eigenvalue weighted by Crippen LogP contribution is 2.28. The van der Waals surface area contributed by atoms with Gasteiger partial charge in [-0.25, -0.2) is 4.79 Å². The Kier molecular flexibility index (Phi) is 5.56. The molecule has 0 spiro atoms. The average Bonchev–Trinajstić information content (AvgIpc) is 3.05. The zero-order valence-electron chi connectivity index (χ0n) is 16.0. The van der Waals surface area contributed by atoms with Crippen molar-refractivity contribution < 1.29 is 9.72 Å². The third kappa shape index (κ3) is 4.07. The number of nitrogens with zero attached hydrogens (tertiary/aromatic N) is 3. The lowest BCUT2D eigenvalue weighted by molar-refractivity contribution is -0.384. The average molecular weight is 430 g/mol. The Labute approximate surface area is 176 Å². The Morgan fingerprint density at radius 3 is 2.70 bits per heavy atom. The smallest absolute Gasteiger partial charge is 0.325 e. The Bertz CT molecular complexity index is 1160. The molecule has 3 aromatic rings. The number of hydrogen-bond acceptors (Lipinski definition) is 5. The van der Waals surface area contributed by atoms with Gasteiger partial charge in [-0.3, -0.25) is 24.4 Å². The molecule has 0 aliphatic carbocycles. The molecule has 4 rings (SSSR count). The number of fused-ring (bicyclic) bond motifs is 1. The number of para-hydroxylation sites is 2. The van der Waals surface area contributed by atoms with E-state index >= 15 is 0 Å². The van der Waals surface area contributed by atoms with Crippen molar-refractivity contribution in [3.05, 3.63) is 68.1 Å². The van der Waals surface area contributed by atoms with Crippen LogP contribution in [0.5, 0.6) is 0 Å². The summed E-state index contributed by atoms with van der Waals surface area (Å²) in [5, 5.41) is 13.7. The first kappa shape index (κ1) is 20.1. The van der Waals surface area contributed by atoms with Crippen molar-refractivity contribution in [2.24, 2.45) is 0 Å². The van der Waals surface area contributed by atoms with Gasteiger partial charge in [0.05, 0.1) is 22.5 Å². The largest absolute Gasteiger partial charge is 0.326 e. The SMILES string of the molecule is O=C(CN1CCC(n2c(=O)[nH]c3ccccc32)CC1)Nc1ccc(Cl)c([N+](=O)[O-])c1. The van der Waals surface area contributed by atoms with E-state index in [1.165, 1.54) is 18.2 Å². The second-order valence-electron chi connectivity index (χ2n) is 7.30. The number of benzene rings is 2. The summed E-state index contributed by atoms with van der Waals surface area (Å²) in [5.41, 5.74) is 1.68. The fraction of sp³-hybridized carbons (Fsp3) is 0.300. The van der Waals surface area contributed by atoms with Crippen LogP contribution in [-0.4, -0.2) is 44.9 Å². The number of nitro groups is 1. The van der Waals surface area contributed by atoms with Crippen LogP contribution >= 0.6 is 11.6 Å². The van der Waals surface area contributed by atoms with E-state index < -0.39 is 4.92 Å². The monoisotopic (exact) mass is 429 g/mol. The van der Waals surface area contributed by atoms with E-state index in [0.29, 0.717) is 18.8 Å². The number of piperidine rings is 1. The van der Waals surface area contributed by atoms with Crippen molar-refractivity contribution in [3.8, 4) is 0 Å². The number of aromatic nitrogens is 2. The number of likely N-dealkylation sites (tertiary alicyclic amines) is 1. The van der Waals surface area contributed by atoms with Crippen LogP contribution in [0.15, 0.2) is 47.3 Å². The molecule has 156 valence electrons. The van der Waals surface area contributed by atoms with E-state index in [9.17, 15) is 19.7 Å². The highest BCUT2D eigenvalue weighted by Gasteiger charge is 2.24. The molecule has 0 atom stereocenters. The van der Waals surface area contributed by atoms with Gasteiger partial charge in [0.15, 0.2) is 0 Å². The molecular formula is C20H20ClN5O4. The van der Waals surface area contributed by atoms with Crippen molar-refractivity contribution in [2.75, 3.05) is 25.0 Å². The van der Waals surface area contributed by atoms with E-state index in [1.807, 2.05) is 29.2 Å². The maximum atomic E-state index is 12.4. The lowest BCUT2D eigenvalue weighted by Gasteiger charge is -2.32. The molecule has 0 saturated carbocycles. The molecular weight excluding hydrogens is 410 g/mol. The minimum Gasteiger partial charge on any atom is -0.325 e. The van der Waals surface area contributed by atoms with E-state index in [4.69, 9.17) is 11.6 Å². The lowest BCUT2D eigenvalue weighted by Crippen LogP contribution is -2.41. The summed E-state index contributed by atoms with van der Waals surface area (Å²) in [7, 11) is 0. The Morgan fingerprint density at radius 1 is 1.23 bits per heavy atom. The summed E-state index contributed by atoms with van der Waals surface area (Å²) in [6, 6.07) is 11.9. The van der Waals surface area contributed by atoms with Gasteiger partial charge in [0, 0.05) is 30.9 Å². The third-order valence-electron chi connectivity index (χ3n) is 5.34. The molecule has 30 heavy (non-hydrogen) atoms. The predicted octanol–water partition coefficient (Wildman–Crippen LogP) is 3.17. The number of nitrogens with one attached hydrogen (secondary N) is 2. The third-order valence-corrected chi connectivity index (χ3v) is 5.66. The first-order valence-electron chi connectivity index (χ1n) is 9.58. The van der Waals surface area contributed by atoms with Gasteiger partial charge in [-0.2, -0.15) is 0 Å². The molecule has 0 radical (unpaired) electrons. The number of nitro benzene ring substituents is 1. The number of H-pyrrole nitrogens is 1. The lowest BCUT2D eigenvalue weighted by atomic mass is 10.0. The zero-order valence-corrected chi connectivity index (χ0v) is 16.8. The number of imidazole rings is 1. The number of carbonyl (C=O) groups excluding carboxylic acids is 1. The Hall–Kier alpha value is -3.17. The van der Waals surface area contributed by atoms with Gasteiger partial charge in [0.2, 0.25) is 5.91 Å². The van der Waals surface area contributed by atoms with Gasteiger partial charge in [0.25, 0.3) is 5.69 Å².